The van der Waals surface area contributed by atoms with Crippen molar-refractivity contribution in [3.05, 3.63) is 40.5 Å². The molecule has 0 aliphatic rings. The Kier molecular flexibility index (Phi) is 5.50. The predicted molar refractivity (Wildman–Crippen MR) is 110 cm³/mol. The van der Waals surface area contributed by atoms with Crippen LogP contribution in [0.15, 0.2) is 35.2 Å². The van der Waals surface area contributed by atoms with Gasteiger partial charge in [-0.3, -0.25) is 14.3 Å². The molecule has 2 aromatic heterocycles. The van der Waals surface area contributed by atoms with Crippen molar-refractivity contribution in [3.8, 4) is 0 Å². The van der Waals surface area contributed by atoms with Crippen molar-refractivity contribution in [1.29, 1.82) is 0 Å². The molecule has 0 atom stereocenters. The molecule has 0 bridgehead atoms. The molecule has 1 aromatic carbocycles. The van der Waals surface area contributed by atoms with Gasteiger partial charge in [-0.05, 0) is 53.5 Å². The van der Waals surface area contributed by atoms with Gasteiger partial charge in [-0.1, -0.05) is 0 Å². The summed E-state index contributed by atoms with van der Waals surface area (Å²) in [7, 11) is -3.59. The lowest BCUT2D eigenvalue weighted by Crippen LogP contribution is -2.36. The van der Waals surface area contributed by atoms with E-state index in [-0.39, 0.29) is 11.3 Å². The number of hydrogen-bond acceptors (Lipinski definition) is 7. The summed E-state index contributed by atoms with van der Waals surface area (Å²) in [6.45, 7) is 3.58. The molecule has 0 unspecified atom stereocenters. The molecule has 3 aromatic rings. The topological polar surface area (TPSA) is 101 Å². The molecule has 0 aliphatic carbocycles. The third kappa shape index (κ3) is 4.12. The molecular weight excluding hydrogens is 456 g/mol. The van der Waals surface area contributed by atoms with E-state index in [0.717, 1.165) is 6.26 Å². The lowest BCUT2D eigenvalue weighted by atomic mass is 10.2. The van der Waals surface area contributed by atoms with Crippen LogP contribution in [-0.4, -0.2) is 40.7 Å². The highest BCUT2D eigenvalue weighted by Gasteiger charge is 2.27. The summed E-state index contributed by atoms with van der Waals surface area (Å²) in [5.41, 5.74) is 1.92. The largest absolute Gasteiger partial charge is 0.337 e. The van der Waals surface area contributed by atoms with Crippen molar-refractivity contribution < 1.29 is 8.42 Å². The van der Waals surface area contributed by atoms with Crippen molar-refractivity contribution in [2.45, 2.75) is 19.9 Å². The maximum absolute atomic E-state index is 12.5. The van der Waals surface area contributed by atoms with E-state index in [1.54, 1.807) is 32.2 Å². The van der Waals surface area contributed by atoms with Gasteiger partial charge in [0, 0.05) is 24.6 Å². The number of benzene rings is 1. The Morgan fingerprint density at radius 3 is 2.56 bits per heavy atom. The van der Waals surface area contributed by atoms with Gasteiger partial charge in [0.25, 0.3) is 0 Å². The van der Waals surface area contributed by atoms with Gasteiger partial charge in [0.2, 0.25) is 15.3 Å². The fourth-order valence-corrected chi connectivity index (χ4v) is 4.42. The van der Waals surface area contributed by atoms with Crippen molar-refractivity contribution in [1.82, 2.24) is 19.9 Å². The van der Waals surface area contributed by atoms with E-state index in [2.05, 4.69) is 41.2 Å². The maximum atomic E-state index is 12.5. The van der Waals surface area contributed by atoms with Gasteiger partial charge in [0.1, 0.15) is 17.0 Å². The van der Waals surface area contributed by atoms with Crippen LogP contribution in [0.25, 0.3) is 11.0 Å². The Balaban J connectivity index is 2.28. The van der Waals surface area contributed by atoms with Crippen LogP contribution in [0.5, 0.6) is 0 Å². The van der Waals surface area contributed by atoms with E-state index in [1.165, 1.54) is 16.7 Å². The quantitative estimate of drug-likeness (QED) is 0.565. The van der Waals surface area contributed by atoms with E-state index < -0.39 is 10.0 Å². The van der Waals surface area contributed by atoms with Gasteiger partial charge in [-0.15, -0.1) is 0 Å². The summed E-state index contributed by atoms with van der Waals surface area (Å²) in [6, 6.07) is 3.15. The summed E-state index contributed by atoms with van der Waals surface area (Å²) in [4.78, 5) is 16.7. The number of nitrogens with zero attached hydrogens (tertiary/aromatic N) is 5. The van der Waals surface area contributed by atoms with Crippen molar-refractivity contribution >= 4 is 65.8 Å². The van der Waals surface area contributed by atoms with Crippen LogP contribution in [0.4, 0.5) is 17.2 Å². The number of aromatic nitrogens is 4. The van der Waals surface area contributed by atoms with Crippen LogP contribution >= 0.6 is 27.5 Å². The lowest BCUT2D eigenvalue weighted by molar-refractivity contribution is 0.590. The molecule has 0 saturated carbocycles. The fourth-order valence-electron chi connectivity index (χ4n) is 2.71. The molecule has 0 spiro atoms. The number of fused-ring (bicyclic) bond motifs is 1. The van der Waals surface area contributed by atoms with E-state index in [0.29, 0.717) is 32.7 Å². The van der Waals surface area contributed by atoms with Crippen LogP contribution in [0.2, 0.25) is 5.28 Å². The molecule has 0 fully saturated rings. The Morgan fingerprint density at radius 2 is 1.89 bits per heavy atom. The van der Waals surface area contributed by atoms with Crippen LogP contribution in [0.3, 0.4) is 0 Å². The Hall–Kier alpha value is -2.04. The van der Waals surface area contributed by atoms with E-state index in [1.807, 2.05) is 0 Å². The van der Waals surface area contributed by atoms with Gasteiger partial charge < -0.3 is 5.32 Å². The zero-order valence-corrected chi connectivity index (χ0v) is 17.8. The lowest BCUT2D eigenvalue weighted by Gasteiger charge is -2.29. The minimum absolute atomic E-state index is 0.0617. The first-order valence-corrected chi connectivity index (χ1v) is 10.9. The number of sulfonamides is 1. The highest BCUT2D eigenvalue weighted by molar-refractivity contribution is 9.10. The molecule has 142 valence electrons. The molecule has 2 heterocycles. The molecule has 0 radical (unpaired) electrons. The highest BCUT2D eigenvalue weighted by Crippen LogP contribution is 2.38. The minimum Gasteiger partial charge on any atom is -0.337 e. The zero-order chi connectivity index (χ0) is 19.8. The van der Waals surface area contributed by atoms with Gasteiger partial charge in [-0.2, -0.15) is 4.98 Å². The third-order valence-electron chi connectivity index (χ3n) is 3.63. The fraction of sp³-hybridized carbons (Fsp3) is 0.250. The average Bonchev–Trinajstić information content (AvgIpc) is 2.58. The molecule has 0 saturated heterocycles. The van der Waals surface area contributed by atoms with Crippen LogP contribution in [-0.2, 0) is 10.0 Å². The molecule has 1 N–H and O–H groups in total. The molecule has 11 heteroatoms. The number of anilines is 3. The summed E-state index contributed by atoms with van der Waals surface area (Å²) >= 11 is 9.25. The summed E-state index contributed by atoms with van der Waals surface area (Å²) < 4.78 is 27.0. The highest BCUT2D eigenvalue weighted by atomic mass is 79.9. The molecule has 3 rings (SSSR count). The molecule has 0 aliphatic heterocycles. The van der Waals surface area contributed by atoms with Crippen molar-refractivity contribution in [2.75, 3.05) is 15.9 Å². The van der Waals surface area contributed by atoms with Crippen molar-refractivity contribution in [3.63, 3.8) is 0 Å². The number of hydrogen-bond donors (Lipinski definition) is 1. The summed E-state index contributed by atoms with van der Waals surface area (Å²) in [5, 5.41) is 3.19. The standard InChI is InChI=1S/C16H16BrClN6O2S/c1-9(2)24(27(3,25)26)14-12(5-4-11-13(14)20-7-6-19-11)22-15-10(17)8-21-16(18)23-15/h4-9H,1-3H3,(H,21,22,23). The second-order valence-electron chi connectivity index (χ2n) is 6.00. The number of rotatable bonds is 5. The first-order chi connectivity index (χ1) is 12.7. The Labute approximate surface area is 170 Å². The summed E-state index contributed by atoms with van der Waals surface area (Å²) in [6.07, 6.45) is 5.74. The van der Waals surface area contributed by atoms with Crippen molar-refractivity contribution in [2.24, 2.45) is 0 Å². The van der Waals surface area contributed by atoms with E-state index >= 15 is 0 Å². The predicted octanol–water partition coefficient (Wildman–Crippen LogP) is 3.75. The van der Waals surface area contributed by atoms with Crippen LogP contribution in [0, 0.1) is 0 Å². The van der Waals surface area contributed by atoms with Gasteiger partial charge in [-0.25, -0.2) is 13.4 Å². The monoisotopic (exact) mass is 470 g/mol. The second-order valence-corrected chi connectivity index (χ2v) is 9.05. The van der Waals surface area contributed by atoms with Gasteiger partial charge in [0.15, 0.2) is 0 Å². The van der Waals surface area contributed by atoms with E-state index in [4.69, 9.17) is 11.6 Å². The maximum Gasteiger partial charge on any atom is 0.232 e. The third-order valence-corrected chi connectivity index (χ3v) is 5.71. The summed E-state index contributed by atoms with van der Waals surface area (Å²) in [5.74, 6) is 0.400. The van der Waals surface area contributed by atoms with Crippen LogP contribution < -0.4 is 9.62 Å². The molecular formula is C16H16BrClN6O2S. The normalized spacial score (nSPS) is 11.8. The number of halogens is 2. The van der Waals surface area contributed by atoms with E-state index in [9.17, 15) is 8.42 Å². The molecule has 0 amide bonds. The Bertz CT molecular complexity index is 1110. The first kappa shape index (κ1) is 19.7. The minimum atomic E-state index is -3.59. The number of nitrogens with one attached hydrogen (secondary N) is 1. The zero-order valence-electron chi connectivity index (χ0n) is 14.7. The van der Waals surface area contributed by atoms with Gasteiger partial charge >= 0.3 is 0 Å². The average molecular weight is 472 g/mol. The molecule has 27 heavy (non-hydrogen) atoms. The molecule has 8 nitrogen and oxygen atoms in total. The van der Waals surface area contributed by atoms with Crippen LogP contribution in [0.1, 0.15) is 13.8 Å². The Morgan fingerprint density at radius 1 is 1.19 bits per heavy atom. The van der Waals surface area contributed by atoms with Gasteiger partial charge in [0.05, 0.1) is 21.9 Å². The second kappa shape index (κ2) is 7.53. The first-order valence-electron chi connectivity index (χ1n) is 7.86. The smallest absolute Gasteiger partial charge is 0.232 e. The SMILES string of the molecule is CC(C)N(c1c(Nc2nc(Cl)ncc2Br)ccc2nccnc12)S(C)(=O)=O.